The molecule has 2 rings (SSSR count). The first-order chi connectivity index (χ1) is 10.3. The van der Waals surface area contributed by atoms with Gasteiger partial charge in [0.15, 0.2) is 5.11 Å². The van der Waals surface area contributed by atoms with Crippen LogP contribution in [0.3, 0.4) is 0 Å². The van der Waals surface area contributed by atoms with Crippen molar-refractivity contribution in [2.45, 2.75) is 27.7 Å². The topological polar surface area (TPSA) is 41.1 Å². The van der Waals surface area contributed by atoms with E-state index in [1.54, 1.807) is 6.07 Å². The number of thiocarbonyl (C=S) groups is 1. The highest BCUT2D eigenvalue weighted by molar-refractivity contribution is 7.80. The van der Waals surface area contributed by atoms with Gasteiger partial charge in [0.05, 0.1) is 0 Å². The van der Waals surface area contributed by atoms with Crippen LogP contribution in [-0.2, 0) is 0 Å². The van der Waals surface area contributed by atoms with Crippen LogP contribution in [0.2, 0.25) is 0 Å². The molecule has 0 bridgehead atoms. The average molecular weight is 312 g/mol. The highest BCUT2D eigenvalue weighted by Gasteiger charge is 2.09. The molecule has 0 aliphatic carbocycles. The van der Waals surface area contributed by atoms with Crippen molar-refractivity contribution in [3.05, 3.63) is 64.2 Å². The first-order valence-electron chi connectivity index (χ1n) is 7.13. The molecule has 0 saturated carbocycles. The zero-order valence-corrected chi connectivity index (χ0v) is 14.1. The molecule has 0 spiro atoms. The number of carbonyl (C=O) groups is 1. The fourth-order valence-electron chi connectivity index (χ4n) is 2.27. The third-order valence-corrected chi connectivity index (χ3v) is 3.68. The summed E-state index contributed by atoms with van der Waals surface area (Å²) in [5, 5.41) is 6.06. The molecule has 0 aromatic heterocycles. The number of hydrogen-bond donors (Lipinski definition) is 2. The smallest absolute Gasteiger partial charge is 0.257 e. The molecule has 2 aromatic carbocycles. The van der Waals surface area contributed by atoms with Gasteiger partial charge >= 0.3 is 0 Å². The maximum atomic E-state index is 12.2. The molecule has 0 fully saturated rings. The van der Waals surface area contributed by atoms with Crippen LogP contribution in [0, 0.1) is 27.7 Å². The molecule has 0 aliphatic rings. The van der Waals surface area contributed by atoms with E-state index in [1.165, 1.54) is 0 Å². The van der Waals surface area contributed by atoms with Gasteiger partial charge in [-0.25, -0.2) is 0 Å². The third kappa shape index (κ3) is 4.15. The Morgan fingerprint density at radius 2 is 1.55 bits per heavy atom. The van der Waals surface area contributed by atoms with E-state index in [1.807, 2.05) is 52.0 Å². The van der Waals surface area contributed by atoms with E-state index in [0.29, 0.717) is 10.7 Å². The third-order valence-electron chi connectivity index (χ3n) is 3.48. The Morgan fingerprint density at radius 1 is 0.909 bits per heavy atom. The largest absolute Gasteiger partial charge is 0.332 e. The van der Waals surface area contributed by atoms with E-state index in [0.717, 1.165) is 27.9 Å². The number of carbonyl (C=O) groups excluding carboxylic acids is 1. The van der Waals surface area contributed by atoms with Gasteiger partial charge in [-0.15, -0.1) is 0 Å². The van der Waals surface area contributed by atoms with E-state index in [-0.39, 0.29) is 5.91 Å². The normalized spacial score (nSPS) is 10.2. The monoisotopic (exact) mass is 312 g/mol. The molecule has 0 heterocycles. The summed E-state index contributed by atoms with van der Waals surface area (Å²) < 4.78 is 0. The number of benzene rings is 2. The van der Waals surface area contributed by atoms with Crippen molar-refractivity contribution in [1.29, 1.82) is 0 Å². The van der Waals surface area contributed by atoms with Crippen molar-refractivity contribution in [3.8, 4) is 0 Å². The van der Waals surface area contributed by atoms with Crippen LogP contribution >= 0.6 is 12.2 Å². The predicted molar refractivity (Wildman–Crippen MR) is 95.5 cm³/mol. The summed E-state index contributed by atoms with van der Waals surface area (Å²) in [6.07, 6.45) is 0. The molecular weight excluding hydrogens is 292 g/mol. The van der Waals surface area contributed by atoms with E-state index >= 15 is 0 Å². The maximum Gasteiger partial charge on any atom is 0.257 e. The standard InChI is InChI=1S/C18H20N2OS/c1-11-7-12(2)9-16(8-11)19-18(22)20-17(21)15-6-5-13(3)14(4)10-15/h5-10H,1-4H3,(H2,19,20,21,22). The van der Waals surface area contributed by atoms with Crippen molar-refractivity contribution < 1.29 is 4.79 Å². The zero-order chi connectivity index (χ0) is 16.3. The molecule has 114 valence electrons. The van der Waals surface area contributed by atoms with Crippen LogP contribution in [0.4, 0.5) is 5.69 Å². The molecule has 0 aliphatic heterocycles. The van der Waals surface area contributed by atoms with Gasteiger partial charge in [-0.05, 0) is 86.4 Å². The Hall–Kier alpha value is -2.20. The Bertz CT molecular complexity index is 718. The Balaban J connectivity index is 2.04. The minimum absolute atomic E-state index is 0.204. The molecule has 2 aromatic rings. The van der Waals surface area contributed by atoms with Crippen LogP contribution in [-0.4, -0.2) is 11.0 Å². The highest BCUT2D eigenvalue weighted by Crippen LogP contribution is 2.14. The van der Waals surface area contributed by atoms with Crippen LogP contribution in [0.1, 0.15) is 32.6 Å². The lowest BCUT2D eigenvalue weighted by Gasteiger charge is -2.11. The molecule has 1 amide bonds. The fraction of sp³-hybridized carbons (Fsp3) is 0.222. The molecule has 3 nitrogen and oxygen atoms in total. The van der Waals surface area contributed by atoms with Crippen molar-refractivity contribution >= 4 is 28.9 Å². The second-order valence-corrected chi connectivity index (χ2v) is 5.99. The van der Waals surface area contributed by atoms with Gasteiger partial charge < -0.3 is 5.32 Å². The number of hydrogen-bond acceptors (Lipinski definition) is 2. The quantitative estimate of drug-likeness (QED) is 0.822. The Kier molecular flexibility index (Phi) is 4.93. The van der Waals surface area contributed by atoms with Crippen molar-refractivity contribution in [2.75, 3.05) is 5.32 Å². The second-order valence-electron chi connectivity index (χ2n) is 5.58. The first-order valence-corrected chi connectivity index (χ1v) is 7.54. The summed E-state index contributed by atoms with van der Waals surface area (Å²) >= 11 is 5.21. The molecule has 0 unspecified atom stereocenters. The number of aryl methyl sites for hydroxylation is 4. The van der Waals surface area contributed by atoms with E-state index in [4.69, 9.17) is 12.2 Å². The minimum atomic E-state index is -0.204. The van der Waals surface area contributed by atoms with Crippen LogP contribution in [0.15, 0.2) is 36.4 Å². The SMILES string of the molecule is Cc1cc(C)cc(NC(=S)NC(=O)c2ccc(C)c(C)c2)c1. The van der Waals surface area contributed by atoms with Gasteiger partial charge in [0.25, 0.3) is 5.91 Å². The lowest BCUT2D eigenvalue weighted by Crippen LogP contribution is -2.34. The molecule has 0 radical (unpaired) electrons. The van der Waals surface area contributed by atoms with Crippen LogP contribution in [0.5, 0.6) is 0 Å². The first kappa shape index (κ1) is 16.2. The van der Waals surface area contributed by atoms with Crippen LogP contribution < -0.4 is 10.6 Å². The average Bonchev–Trinajstić information content (AvgIpc) is 2.40. The fourth-order valence-corrected chi connectivity index (χ4v) is 2.48. The summed E-state index contributed by atoms with van der Waals surface area (Å²) in [6.45, 7) is 8.05. The molecule has 22 heavy (non-hydrogen) atoms. The van der Waals surface area contributed by atoms with Crippen molar-refractivity contribution in [1.82, 2.24) is 5.32 Å². The minimum Gasteiger partial charge on any atom is -0.332 e. The van der Waals surface area contributed by atoms with Crippen molar-refractivity contribution in [3.63, 3.8) is 0 Å². The number of amides is 1. The molecule has 2 N–H and O–H groups in total. The van der Waals surface area contributed by atoms with Gasteiger partial charge in [0.1, 0.15) is 0 Å². The lowest BCUT2D eigenvalue weighted by atomic mass is 10.1. The maximum absolute atomic E-state index is 12.2. The Morgan fingerprint density at radius 3 is 2.14 bits per heavy atom. The van der Waals surface area contributed by atoms with Crippen molar-refractivity contribution in [2.24, 2.45) is 0 Å². The van der Waals surface area contributed by atoms with Gasteiger partial charge in [0.2, 0.25) is 0 Å². The summed E-state index contributed by atoms with van der Waals surface area (Å²) in [6, 6.07) is 11.7. The van der Waals surface area contributed by atoms with Gasteiger partial charge in [-0.2, -0.15) is 0 Å². The molecule has 4 heteroatoms. The van der Waals surface area contributed by atoms with Crippen LogP contribution in [0.25, 0.3) is 0 Å². The molecule has 0 atom stereocenters. The highest BCUT2D eigenvalue weighted by atomic mass is 32.1. The van der Waals surface area contributed by atoms with E-state index in [2.05, 4.69) is 16.7 Å². The second kappa shape index (κ2) is 6.71. The van der Waals surface area contributed by atoms with E-state index < -0.39 is 0 Å². The Labute approximate surface area is 136 Å². The van der Waals surface area contributed by atoms with Gasteiger partial charge in [0, 0.05) is 11.3 Å². The number of nitrogens with one attached hydrogen (secondary N) is 2. The number of anilines is 1. The predicted octanol–water partition coefficient (Wildman–Crippen LogP) is 4.05. The number of rotatable bonds is 2. The van der Waals surface area contributed by atoms with Gasteiger partial charge in [-0.1, -0.05) is 12.1 Å². The summed E-state index contributed by atoms with van der Waals surface area (Å²) in [5.74, 6) is -0.204. The lowest BCUT2D eigenvalue weighted by molar-refractivity contribution is 0.0977. The summed E-state index contributed by atoms with van der Waals surface area (Å²) in [7, 11) is 0. The van der Waals surface area contributed by atoms with E-state index in [9.17, 15) is 4.79 Å². The molecule has 0 saturated heterocycles. The summed E-state index contributed by atoms with van der Waals surface area (Å²) in [5.41, 5.74) is 6.01. The van der Waals surface area contributed by atoms with Gasteiger partial charge in [-0.3, -0.25) is 10.1 Å². The summed E-state index contributed by atoms with van der Waals surface area (Å²) in [4.78, 5) is 12.2. The molecular formula is C18H20N2OS. The zero-order valence-electron chi connectivity index (χ0n) is 13.3.